The van der Waals surface area contributed by atoms with Crippen LogP contribution < -0.4 is 15.1 Å². The molecule has 5 heteroatoms. The number of benzene rings is 2. The average Bonchev–Trinajstić information content (AvgIpc) is 2.51. The second-order valence-corrected chi connectivity index (χ2v) is 5.99. The molecule has 2 aromatic carbocycles. The van der Waals surface area contributed by atoms with Crippen LogP contribution in [0.5, 0.6) is 11.5 Å². The lowest BCUT2D eigenvalue weighted by atomic mass is 10.1. The van der Waals surface area contributed by atoms with Crippen LogP contribution in [0.1, 0.15) is 16.7 Å². The van der Waals surface area contributed by atoms with Gasteiger partial charge >= 0.3 is 11.6 Å². The van der Waals surface area contributed by atoms with Gasteiger partial charge in [0.25, 0.3) is 0 Å². The van der Waals surface area contributed by atoms with E-state index in [0.717, 1.165) is 22.1 Å². The molecule has 3 rings (SSSR count). The number of carbonyl (C=O) groups excluding carboxylic acids is 1. The van der Waals surface area contributed by atoms with Gasteiger partial charge in [-0.1, -0.05) is 6.07 Å². The number of rotatable bonds is 4. The Labute approximate surface area is 144 Å². The van der Waals surface area contributed by atoms with Crippen LogP contribution in [0.4, 0.5) is 0 Å². The van der Waals surface area contributed by atoms with E-state index < -0.39 is 11.6 Å². The van der Waals surface area contributed by atoms with E-state index in [1.54, 1.807) is 30.3 Å². The first-order valence-electron chi connectivity index (χ1n) is 7.87. The van der Waals surface area contributed by atoms with Gasteiger partial charge in [-0.3, -0.25) is 0 Å². The van der Waals surface area contributed by atoms with E-state index in [-0.39, 0.29) is 6.61 Å². The normalized spacial score (nSPS) is 10.7. The highest BCUT2D eigenvalue weighted by Crippen LogP contribution is 2.22. The van der Waals surface area contributed by atoms with Crippen molar-refractivity contribution in [2.24, 2.45) is 0 Å². The Balaban J connectivity index is 1.69. The third kappa shape index (κ3) is 4.07. The minimum atomic E-state index is -0.504. The molecule has 0 amide bonds. The number of hydrogen-bond acceptors (Lipinski definition) is 5. The van der Waals surface area contributed by atoms with E-state index in [2.05, 4.69) is 0 Å². The van der Waals surface area contributed by atoms with Gasteiger partial charge in [-0.15, -0.1) is 0 Å². The molecule has 0 saturated heterocycles. The van der Waals surface area contributed by atoms with Gasteiger partial charge in [-0.2, -0.15) is 0 Å². The molecule has 1 heterocycles. The van der Waals surface area contributed by atoms with Gasteiger partial charge in [0.05, 0.1) is 0 Å². The van der Waals surface area contributed by atoms with Crippen molar-refractivity contribution >= 4 is 16.9 Å². The standard InChI is InChI=1S/C20H18O5/c1-12-6-13(2)8-16(7-12)24-20(22)11-23-15-4-5-17-14(3)9-19(21)25-18(17)10-15/h4-10H,11H2,1-3H3. The van der Waals surface area contributed by atoms with E-state index in [1.807, 2.05) is 26.8 Å². The Morgan fingerprint density at radius 3 is 2.40 bits per heavy atom. The molecule has 0 fully saturated rings. The molecule has 5 nitrogen and oxygen atoms in total. The largest absolute Gasteiger partial charge is 0.482 e. The Kier molecular flexibility index (Phi) is 4.57. The van der Waals surface area contributed by atoms with Gasteiger partial charge in [0.1, 0.15) is 17.1 Å². The van der Waals surface area contributed by atoms with Crippen LogP contribution in [0.2, 0.25) is 0 Å². The zero-order valence-corrected chi connectivity index (χ0v) is 14.3. The van der Waals surface area contributed by atoms with Crippen LogP contribution in [0.25, 0.3) is 11.0 Å². The third-order valence-corrected chi connectivity index (χ3v) is 3.71. The molecule has 25 heavy (non-hydrogen) atoms. The Morgan fingerprint density at radius 2 is 1.68 bits per heavy atom. The molecular formula is C20H18O5. The maximum Gasteiger partial charge on any atom is 0.349 e. The fourth-order valence-electron chi connectivity index (χ4n) is 2.69. The van der Waals surface area contributed by atoms with Crippen molar-refractivity contribution in [3.63, 3.8) is 0 Å². The van der Waals surface area contributed by atoms with E-state index in [0.29, 0.717) is 17.1 Å². The number of esters is 1. The van der Waals surface area contributed by atoms with Crippen molar-refractivity contribution in [2.45, 2.75) is 20.8 Å². The highest BCUT2D eigenvalue weighted by Gasteiger charge is 2.09. The number of aryl methyl sites for hydroxylation is 3. The van der Waals surface area contributed by atoms with Gasteiger partial charge in [0.2, 0.25) is 0 Å². The predicted octanol–water partition coefficient (Wildman–Crippen LogP) is 3.70. The molecular weight excluding hydrogens is 320 g/mol. The van der Waals surface area contributed by atoms with Crippen LogP contribution in [0.3, 0.4) is 0 Å². The molecule has 0 radical (unpaired) electrons. The lowest BCUT2D eigenvalue weighted by Gasteiger charge is -2.09. The second-order valence-electron chi connectivity index (χ2n) is 5.99. The van der Waals surface area contributed by atoms with Gasteiger partial charge in [0, 0.05) is 17.5 Å². The van der Waals surface area contributed by atoms with Crippen molar-refractivity contribution in [2.75, 3.05) is 6.61 Å². The summed E-state index contributed by atoms with van der Waals surface area (Å²) in [5.41, 5.74) is 2.86. The molecule has 0 N–H and O–H groups in total. The Bertz CT molecular complexity index is 980. The maximum atomic E-state index is 12.0. The fourth-order valence-corrected chi connectivity index (χ4v) is 2.69. The molecule has 0 aliphatic carbocycles. The summed E-state index contributed by atoms with van der Waals surface area (Å²) in [6.45, 7) is 5.47. The summed E-state index contributed by atoms with van der Waals surface area (Å²) in [4.78, 5) is 23.4. The average molecular weight is 338 g/mol. The fraction of sp³-hybridized carbons (Fsp3) is 0.200. The topological polar surface area (TPSA) is 65.7 Å². The summed E-state index contributed by atoms with van der Waals surface area (Å²) >= 11 is 0. The molecule has 0 unspecified atom stereocenters. The molecule has 0 aliphatic rings. The minimum Gasteiger partial charge on any atom is -0.482 e. The number of hydrogen-bond donors (Lipinski definition) is 0. The van der Waals surface area contributed by atoms with Crippen molar-refractivity contribution in [3.05, 3.63) is 69.6 Å². The first-order chi connectivity index (χ1) is 11.9. The van der Waals surface area contributed by atoms with E-state index >= 15 is 0 Å². The molecule has 0 atom stereocenters. The minimum absolute atomic E-state index is 0.242. The summed E-state index contributed by atoms with van der Waals surface area (Å²) in [5, 5.41) is 0.824. The Hall–Kier alpha value is -3.08. The van der Waals surface area contributed by atoms with Crippen LogP contribution in [0.15, 0.2) is 51.7 Å². The zero-order valence-electron chi connectivity index (χ0n) is 14.3. The summed E-state index contributed by atoms with van der Waals surface area (Å²) in [7, 11) is 0. The third-order valence-electron chi connectivity index (χ3n) is 3.71. The number of fused-ring (bicyclic) bond motifs is 1. The van der Waals surface area contributed by atoms with Crippen LogP contribution in [0, 0.1) is 20.8 Å². The molecule has 1 aromatic heterocycles. The van der Waals surface area contributed by atoms with Crippen molar-refractivity contribution in [3.8, 4) is 11.5 Å². The Morgan fingerprint density at radius 1 is 0.960 bits per heavy atom. The van der Waals surface area contributed by atoms with E-state index in [9.17, 15) is 9.59 Å². The molecule has 0 aliphatic heterocycles. The smallest absolute Gasteiger partial charge is 0.349 e. The van der Waals surface area contributed by atoms with Crippen LogP contribution in [-0.2, 0) is 4.79 Å². The summed E-state index contributed by atoms with van der Waals surface area (Å²) in [6, 6.07) is 12.1. The van der Waals surface area contributed by atoms with E-state index in [1.165, 1.54) is 6.07 Å². The first kappa shape index (κ1) is 16.8. The van der Waals surface area contributed by atoms with Crippen LogP contribution >= 0.6 is 0 Å². The van der Waals surface area contributed by atoms with Gasteiger partial charge in [-0.05, 0) is 61.7 Å². The molecule has 0 saturated carbocycles. The summed E-state index contributed by atoms with van der Waals surface area (Å²) in [6.07, 6.45) is 0. The monoisotopic (exact) mass is 338 g/mol. The number of carbonyl (C=O) groups is 1. The number of ether oxygens (including phenoxy) is 2. The van der Waals surface area contributed by atoms with Crippen molar-refractivity contribution < 1.29 is 18.7 Å². The van der Waals surface area contributed by atoms with Gasteiger partial charge in [-0.25, -0.2) is 9.59 Å². The zero-order chi connectivity index (χ0) is 18.0. The molecule has 0 bridgehead atoms. The first-order valence-corrected chi connectivity index (χ1v) is 7.87. The van der Waals surface area contributed by atoms with Gasteiger partial charge in [0.15, 0.2) is 6.61 Å². The summed E-state index contributed by atoms with van der Waals surface area (Å²) < 4.78 is 15.9. The second kappa shape index (κ2) is 6.81. The predicted molar refractivity (Wildman–Crippen MR) is 94.3 cm³/mol. The molecule has 3 aromatic rings. The quantitative estimate of drug-likeness (QED) is 0.412. The van der Waals surface area contributed by atoms with Crippen molar-refractivity contribution in [1.82, 2.24) is 0 Å². The van der Waals surface area contributed by atoms with Crippen LogP contribution in [-0.4, -0.2) is 12.6 Å². The molecule has 128 valence electrons. The van der Waals surface area contributed by atoms with Crippen molar-refractivity contribution in [1.29, 1.82) is 0 Å². The summed E-state index contributed by atoms with van der Waals surface area (Å²) in [5.74, 6) is 0.417. The van der Waals surface area contributed by atoms with E-state index in [4.69, 9.17) is 13.9 Å². The molecule has 0 spiro atoms. The maximum absolute atomic E-state index is 12.0. The highest BCUT2D eigenvalue weighted by molar-refractivity contribution is 5.81. The van der Waals surface area contributed by atoms with Gasteiger partial charge < -0.3 is 13.9 Å². The highest BCUT2D eigenvalue weighted by atomic mass is 16.6. The lowest BCUT2D eigenvalue weighted by molar-refractivity contribution is -0.136. The lowest BCUT2D eigenvalue weighted by Crippen LogP contribution is -2.17. The SMILES string of the molecule is Cc1cc(C)cc(OC(=O)COc2ccc3c(C)cc(=O)oc3c2)c1.